The highest BCUT2D eigenvalue weighted by Crippen LogP contribution is 2.46. The zero-order chi connectivity index (χ0) is 25.1. The summed E-state index contributed by atoms with van der Waals surface area (Å²) in [4.78, 5) is 7.01. The molecule has 0 N–H and O–H groups in total. The molecule has 0 radical (unpaired) electrons. The van der Waals surface area contributed by atoms with Crippen LogP contribution in [0, 0.1) is 28.6 Å². The van der Waals surface area contributed by atoms with Crippen molar-refractivity contribution in [2.45, 2.75) is 76.3 Å². The zero-order valence-electron chi connectivity index (χ0n) is 21.2. The van der Waals surface area contributed by atoms with Crippen molar-refractivity contribution in [1.82, 2.24) is 9.88 Å². The number of fused-ring (bicyclic) bond motifs is 1. The predicted molar refractivity (Wildman–Crippen MR) is 143 cm³/mol. The second-order valence-corrected chi connectivity index (χ2v) is 10.4. The third-order valence-electron chi connectivity index (χ3n) is 8.40. The molecular formula is C32H34N4. The van der Waals surface area contributed by atoms with Gasteiger partial charge in [0.15, 0.2) is 0 Å². The predicted octanol–water partition coefficient (Wildman–Crippen LogP) is 7.19. The van der Waals surface area contributed by atoms with E-state index < -0.39 is 0 Å². The summed E-state index contributed by atoms with van der Waals surface area (Å²) in [5.41, 5.74) is 7.67. The van der Waals surface area contributed by atoms with Gasteiger partial charge in [0, 0.05) is 35.3 Å². The number of pyridine rings is 1. The fourth-order valence-electron chi connectivity index (χ4n) is 6.71. The van der Waals surface area contributed by atoms with Gasteiger partial charge in [-0.15, -0.1) is 0 Å². The number of hydrogen-bond donors (Lipinski definition) is 0. The summed E-state index contributed by atoms with van der Waals surface area (Å²) in [5, 5.41) is 19.0. The van der Waals surface area contributed by atoms with Crippen molar-refractivity contribution in [2.24, 2.45) is 5.92 Å². The van der Waals surface area contributed by atoms with Crippen LogP contribution in [0.1, 0.15) is 75.5 Å². The third-order valence-corrected chi connectivity index (χ3v) is 8.40. The van der Waals surface area contributed by atoms with Crippen LogP contribution in [-0.4, -0.2) is 22.0 Å². The molecule has 0 fully saturated rings. The van der Waals surface area contributed by atoms with Crippen molar-refractivity contribution < 1.29 is 0 Å². The lowest BCUT2D eigenvalue weighted by Crippen LogP contribution is -2.42. The van der Waals surface area contributed by atoms with E-state index in [0.29, 0.717) is 29.3 Å². The van der Waals surface area contributed by atoms with E-state index in [-0.39, 0.29) is 5.92 Å². The topological polar surface area (TPSA) is 63.7 Å². The molecule has 1 aromatic heterocycles. The average molecular weight is 475 g/mol. The molecule has 4 aliphatic rings. The average Bonchev–Trinajstić information content (AvgIpc) is 3.23. The van der Waals surface area contributed by atoms with Gasteiger partial charge in [0.25, 0.3) is 0 Å². The first kappa shape index (κ1) is 24.1. The lowest BCUT2D eigenvalue weighted by molar-refractivity contribution is 0.190. The van der Waals surface area contributed by atoms with Crippen LogP contribution in [0.2, 0.25) is 0 Å². The maximum absolute atomic E-state index is 9.71. The SMILES string of the molecule is C=C(C#N)/C=C\C1=C(C)C2CCC=CC2N1C1CCC=C(C2=CCCCC2c2cccnc2C#N)C1. The van der Waals surface area contributed by atoms with E-state index in [0.717, 1.165) is 50.5 Å². The molecule has 4 unspecified atom stereocenters. The molecule has 0 bridgehead atoms. The van der Waals surface area contributed by atoms with Gasteiger partial charge in [0.2, 0.25) is 0 Å². The van der Waals surface area contributed by atoms with Crippen molar-refractivity contribution in [3.05, 3.63) is 101 Å². The van der Waals surface area contributed by atoms with Crippen molar-refractivity contribution in [3.8, 4) is 12.1 Å². The van der Waals surface area contributed by atoms with Crippen LogP contribution in [0.25, 0.3) is 0 Å². The van der Waals surface area contributed by atoms with E-state index in [1.165, 1.54) is 28.8 Å². The summed E-state index contributed by atoms with van der Waals surface area (Å²) < 4.78 is 0. The molecule has 4 atom stereocenters. The number of nitriles is 2. The molecule has 5 rings (SSSR count). The number of aromatic nitrogens is 1. The van der Waals surface area contributed by atoms with Gasteiger partial charge in [0.05, 0.1) is 12.1 Å². The number of nitrogens with zero attached hydrogens (tertiary/aromatic N) is 4. The Morgan fingerprint density at radius 3 is 2.89 bits per heavy atom. The van der Waals surface area contributed by atoms with Gasteiger partial charge in [0.1, 0.15) is 11.8 Å². The Balaban J connectivity index is 1.46. The lowest BCUT2D eigenvalue weighted by atomic mass is 9.75. The lowest BCUT2D eigenvalue weighted by Gasteiger charge is -2.41. The highest BCUT2D eigenvalue weighted by atomic mass is 15.2. The largest absolute Gasteiger partial charge is 0.361 e. The fraction of sp³-hybridized carbons (Fsp3) is 0.406. The fourth-order valence-corrected chi connectivity index (χ4v) is 6.71. The summed E-state index contributed by atoms with van der Waals surface area (Å²) in [6.07, 6.45) is 24.1. The quantitative estimate of drug-likeness (QED) is 0.257. The van der Waals surface area contributed by atoms with Crippen LogP contribution in [0.5, 0.6) is 0 Å². The number of rotatable bonds is 5. The van der Waals surface area contributed by atoms with Crippen LogP contribution < -0.4 is 0 Å². The smallest absolute Gasteiger partial charge is 0.144 e. The van der Waals surface area contributed by atoms with E-state index in [4.69, 9.17) is 0 Å². The van der Waals surface area contributed by atoms with Gasteiger partial charge in [-0.3, -0.25) is 0 Å². The van der Waals surface area contributed by atoms with Crippen LogP contribution in [-0.2, 0) is 0 Å². The first-order valence-corrected chi connectivity index (χ1v) is 13.3. The van der Waals surface area contributed by atoms with Gasteiger partial charge < -0.3 is 4.90 Å². The molecule has 4 heteroatoms. The van der Waals surface area contributed by atoms with Gasteiger partial charge in [-0.05, 0) is 98.8 Å². The first-order chi connectivity index (χ1) is 17.6. The molecular weight excluding hydrogens is 440 g/mol. The molecule has 0 spiro atoms. The zero-order valence-corrected chi connectivity index (χ0v) is 21.2. The van der Waals surface area contributed by atoms with Crippen LogP contribution in [0.15, 0.2) is 89.4 Å². The minimum atomic E-state index is 0.239. The standard InChI is InChI=1S/C32H34N4/c1-22(20-33)16-17-31-23(2)26-11-5-6-15-32(26)36(31)25-10-7-9-24(19-25)27-12-3-4-13-28(27)29-14-8-18-35-30(29)21-34/h6,8-9,12,14-18,25-26,28,32H,1,3-5,7,10-11,13,19H2,2H3/b17-16-. The van der Waals surface area contributed by atoms with Crippen molar-refractivity contribution in [2.75, 3.05) is 0 Å². The van der Waals surface area contributed by atoms with Gasteiger partial charge in [-0.25, -0.2) is 4.98 Å². The summed E-state index contributed by atoms with van der Waals surface area (Å²) >= 11 is 0. The highest BCUT2D eigenvalue weighted by molar-refractivity contribution is 5.48. The minimum Gasteiger partial charge on any atom is -0.361 e. The molecule has 36 heavy (non-hydrogen) atoms. The van der Waals surface area contributed by atoms with Crippen LogP contribution in [0.4, 0.5) is 0 Å². The van der Waals surface area contributed by atoms with Gasteiger partial charge in [-0.1, -0.05) is 36.9 Å². The summed E-state index contributed by atoms with van der Waals surface area (Å²) in [7, 11) is 0. The monoisotopic (exact) mass is 474 g/mol. The van der Waals surface area contributed by atoms with Gasteiger partial charge >= 0.3 is 0 Å². The Bertz CT molecular complexity index is 1280. The molecule has 0 aromatic carbocycles. The van der Waals surface area contributed by atoms with E-state index in [1.54, 1.807) is 6.20 Å². The van der Waals surface area contributed by atoms with E-state index in [2.05, 4.69) is 72.0 Å². The molecule has 0 saturated heterocycles. The molecule has 182 valence electrons. The Morgan fingerprint density at radius 1 is 1.17 bits per heavy atom. The normalized spacial score (nSPS) is 27.8. The summed E-state index contributed by atoms with van der Waals surface area (Å²) in [5.74, 6) is 0.776. The molecule has 2 heterocycles. The third kappa shape index (κ3) is 4.49. The molecule has 0 saturated carbocycles. The Labute approximate surface area is 215 Å². The number of allylic oxidation sites excluding steroid dienone is 7. The van der Waals surface area contributed by atoms with Crippen molar-refractivity contribution >= 4 is 0 Å². The Hall–Kier alpha value is -3.63. The summed E-state index contributed by atoms with van der Waals surface area (Å²) in [6.45, 7) is 6.14. The Morgan fingerprint density at radius 2 is 2.06 bits per heavy atom. The van der Waals surface area contributed by atoms with E-state index in [1.807, 2.05) is 12.1 Å². The molecule has 3 aliphatic carbocycles. The first-order valence-electron chi connectivity index (χ1n) is 13.3. The van der Waals surface area contributed by atoms with Crippen molar-refractivity contribution in [1.29, 1.82) is 10.5 Å². The maximum Gasteiger partial charge on any atom is 0.144 e. The second kappa shape index (κ2) is 10.5. The van der Waals surface area contributed by atoms with Gasteiger partial charge in [-0.2, -0.15) is 10.5 Å². The summed E-state index contributed by atoms with van der Waals surface area (Å²) in [6, 6.07) is 9.32. The maximum atomic E-state index is 9.71. The number of hydrogen-bond acceptors (Lipinski definition) is 4. The van der Waals surface area contributed by atoms with E-state index in [9.17, 15) is 10.5 Å². The second-order valence-electron chi connectivity index (χ2n) is 10.4. The van der Waals surface area contributed by atoms with E-state index >= 15 is 0 Å². The minimum absolute atomic E-state index is 0.239. The van der Waals surface area contributed by atoms with Crippen LogP contribution in [0.3, 0.4) is 0 Å². The molecule has 0 amide bonds. The Kier molecular flexibility index (Phi) is 7.06. The molecule has 4 nitrogen and oxygen atoms in total. The van der Waals surface area contributed by atoms with Crippen molar-refractivity contribution in [3.63, 3.8) is 0 Å². The molecule has 1 aromatic rings. The molecule has 1 aliphatic heterocycles. The highest BCUT2D eigenvalue weighted by Gasteiger charge is 2.41. The van der Waals surface area contributed by atoms with Crippen LogP contribution >= 0.6 is 0 Å².